The third-order valence-corrected chi connectivity index (χ3v) is 5.30. The van der Waals surface area contributed by atoms with Crippen LogP contribution in [0, 0.1) is 5.41 Å². The smallest absolute Gasteiger partial charge is 0.410 e. The number of esters is 1. The van der Waals surface area contributed by atoms with Gasteiger partial charge < -0.3 is 14.4 Å². The number of carbonyl (C=O) groups excluding carboxylic acids is 2. The van der Waals surface area contributed by atoms with Crippen molar-refractivity contribution in [1.82, 2.24) is 14.7 Å². The fraction of sp³-hybridized carbons (Fsp3) is 0.737. The molecule has 0 N–H and O–H groups in total. The molecule has 1 spiro atoms. The van der Waals surface area contributed by atoms with Crippen molar-refractivity contribution in [2.75, 3.05) is 19.7 Å². The predicted molar refractivity (Wildman–Crippen MR) is 95.9 cm³/mol. The molecule has 1 saturated heterocycles. The zero-order valence-electron chi connectivity index (χ0n) is 16.2. The first-order valence-electron chi connectivity index (χ1n) is 9.41. The van der Waals surface area contributed by atoms with Gasteiger partial charge in [0.05, 0.1) is 24.4 Å². The number of hydrogen-bond donors (Lipinski definition) is 0. The quantitative estimate of drug-likeness (QED) is 0.770. The second-order valence-corrected chi connectivity index (χ2v) is 8.46. The van der Waals surface area contributed by atoms with Crippen molar-refractivity contribution in [3.63, 3.8) is 0 Å². The maximum Gasteiger partial charge on any atom is 0.410 e. The van der Waals surface area contributed by atoms with Crippen molar-refractivity contribution < 1.29 is 19.1 Å². The van der Waals surface area contributed by atoms with E-state index in [1.165, 1.54) is 0 Å². The number of rotatable bonds is 3. The van der Waals surface area contributed by atoms with E-state index in [2.05, 4.69) is 5.10 Å². The number of hydrogen-bond acceptors (Lipinski definition) is 5. The van der Waals surface area contributed by atoms with E-state index in [1.807, 2.05) is 30.4 Å². The number of ether oxygens (including phenoxy) is 2. The van der Waals surface area contributed by atoms with Crippen LogP contribution in [0.25, 0.3) is 0 Å². The van der Waals surface area contributed by atoms with Gasteiger partial charge in [-0.05, 0) is 58.8 Å². The largest absolute Gasteiger partial charge is 0.462 e. The lowest BCUT2D eigenvalue weighted by Gasteiger charge is -2.52. The van der Waals surface area contributed by atoms with E-state index in [0.717, 1.165) is 38.8 Å². The van der Waals surface area contributed by atoms with Gasteiger partial charge in [0.2, 0.25) is 0 Å². The molecular weight excluding hydrogens is 334 g/mol. The van der Waals surface area contributed by atoms with Crippen LogP contribution in [-0.2, 0) is 9.47 Å². The fourth-order valence-corrected chi connectivity index (χ4v) is 3.88. The molecule has 2 aliphatic rings. The number of piperidine rings is 1. The van der Waals surface area contributed by atoms with E-state index in [4.69, 9.17) is 9.47 Å². The summed E-state index contributed by atoms with van der Waals surface area (Å²) in [6.07, 6.45) is 7.22. The van der Waals surface area contributed by atoms with Crippen molar-refractivity contribution in [3.8, 4) is 0 Å². The molecule has 2 fully saturated rings. The predicted octanol–water partition coefficient (Wildman–Crippen LogP) is 3.41. The number of aromatic nitrogens is 2. The minimum atomic E-state index is -0.454. The average Bonchev–Trinajstić information content (AvgIpc) is 3.01. The highest BCUT2D eigenvalue weighted by atomic mass is 16.6. The van der Waals surface area contributed by atoms with Gasteiger partial charge in [0, 0.05) is 19.3 Å². The van der Waals surface area contributed by atoms with Crippen LogP contribution >= 0.6 is 0 Å². The van der Waals surface area contributed by atoms with Crippen LogP contribution in [0.1, 0.15) is 69.8 Å². The Kier molecular flexibility index (Phi) is 4.99. The van der Waals surface area contributed by atoms with Crippen molar-refractivity contribution >= 4 is 12.1 Å². The second-order valence-electron chi connectivity index (χ2n) is 8.46. The van der Waals surface area contributed by atoms with E-state index in [0.29, 0.717) is 23.6 Å². The topological polar surface area (TPSA) is 73.7 Å². The maximum atomic E-state index is 12.2. The SMILES string of the molecule is CCOC(=O)c1cnn(C2CC3(CCN(C(=O)OC(C)(C)C)CC3)C2)c1. The van der Waals surface area contributed by atoms with Gasteiger partial charge in [-0.1, -0.05) is 0 Å². The molecule has 0 aromatic carbocycles. The Labute approximate surface area is 154 Å². The van der Waals surface area contributed by atoms with E-state index < -0.39 is 5.60 Å². The minimum Gasteiger partial charge on any atom is -0.462 e. The van der Waals surface area contributed by atoms with Gasteiger partial charge in [-0.25, -0.2) is 9.59 Å². The number of amides is 1. The highest BCUT2D eigenvalue weighted by Gasteiger charge is 2.47. The summed E-state index contributed by atoms with van der Waals surface area (Å²) < 4.78 is 12.4. The molecule has 3 rings (SSSR count). The lowest BCUT2D eigenvalue weighted by molar-refractivity contribution is -0.0258. The lowest BCUT2D eigenvalue weighted by Crippen LogP contribution is -2.50. The summed E-state index contributed by atoms with van der Waals surface area (Å²) in [6.45, 7) is 9.32. The van der Waals surface area contributed by atoms with Crippen LogP contribution in [0.3, 0.4) is 0 Å². The van der Waals surface area contributed by atoms with Gasteiger partial charge in [0.15, 0.2) is 0 Å². The van der Waals surface area contributed by atoms with Crippen LogP contribution in [0.4, 0.5) is 4.79 Å². The van der Waals surface area contributed by atoms with Crippen LogP contribution < -0.4 is 0 Å². The molecule has 2 heterocycles. The van der Waals surface area contributed by atoms with Gasteiger partial charge in [0.1, 0.15) is 5.60 Å². The van der Waals surface area contributed by atoms with Crippen LogP contribution in [0.5, 0.6) is 0 Å². The van der Waals surface area contributed by atoms with Crippen molar-refractivity contribution in [2.45, 2.75) is 65.0 Å². The molecule has 7 nitrogen and oxygen atoms in total. The minimum absolute atomic E-state index is 0.214. The van der Waals surface area contributed by atoms with E-state index in [9.17, 15) is 9.59 Å². The van der Waals surface area contributed by atoms with Gasteiger partial charge >= 0.3 is 12.1 Å². The Hall–Kier alpha value is -2.05. The van der Waals surface area contributed by atoms with Crippen molar-refractivity contribution in [1.29, 1.82) is 0 Å². The molecule has 1 amide bonds. The summed E-state index contributed by atoms with van der Waals surface area (Å²) in [5.41, 5.74) is 0.344. The first-order valence-corrected chi connectivity index (χ1v) is 9.41. The molecule has 1 aromatic rings. The van der Waals surface area contributed by atoms with Crippen molar-refractivity contribution in [2.24, 2.45) is 5.41 Å². The molecule has 1 aliphatic heterocycles. The molecular formula is C19H29N3O4. The van der Waals surface area contributed by atoms with E-state index in [1.54, 1.807) is 19.3 Å². The first kappa shape index (κ1) is 18.7. The van der Waals surface area contributed by atoms with E-state index >= 15 is 0 Å². The lowest BCUT2D eigenvalue weighted by atomic mass is 9.60. The Morgan fingerprint density at radius 2 is 1.92 bits per heavy atom. The Morgan fingerprint density at radius 3 is 2.50 bits per heavy atom. The van der Waals surface area contributed by atoms with Crippen LogP contribution in [0.2, 0.25) is 0 Å². The van der Waals surface area contributed by atoms with Gasteiger partial charge in [0.25, 0.3) is 0 Å². The number of likely N-dealkylation sites (tertiary alicyclic amines) is 1. The Morgan fingerprint density at radius 1 is 1.27 bits per heavy atom. The Balaban J connectivity index is 1.50. The zero-order chi connectivity index (χ0) is 18.9. The van der Waals surface area contributed by atoms with Gasteiger partial charge in [-0.3, -0.25) is 4.68 Å². The second kappa shape index (κ2) is 6.93. The monoisotopic (exact) mass is 363 g/mol. The molecule has 7 heteroatoms. The molecule has 26 heavy (non-hydrogen) atoms. The number of carbonyl (C=O) groups is 2. The zero-order valence-corrected chi connectivity index (χ0v) is 16.2. The first-order chi connectivity index (χ1) is 12.2. The summed E-state index contributed by atoms with van der Waals surface area (Å²) in [6, 6.07) is 0.325. The summed E-state index contributed by atoms with van der Waals surface area (Å²) in [5.74, 6) is -0.321. The molecule has 0 bridgehead atoms. The van der Waals surface area contributed by atoms with E-state index in [-0.39, 0.29) is 12.1 Å². The third-order valence-electron chi connectivity index (χ3n) is 5.30. The highest BCUT2D eigenvalue weighted by molar-refractivity contribution is 5.88. The third kappa shape index (κ3) is 4.02. The molecule has 1 aliphatic carbocycles. The molecule has 0 radical (unpaired) electrons. The summed E-state index contributed by atoms with van der Waals surface area (Å²) >= 11 is 0. The van der Waals surface area contributed by atoms with Gasteiger partial charge in [-0.2, -0.15) is 5.10 Å². The average molecular weight is 363 g/mol. The maximum absolute atomic E-state index is 12.2. The summed E-state index contributed by atoms with van der Waals surface area (Å²) in [7, 11) is 0. The fourth-order valence-electron chi connectivity index (χ4n) is 3.88. The number of nitrogens with zero attached hydrogens (tertiary/aromatic N) is 3. The molecule has 1 saturated carbocycles. The van der Waals surface area contributed by atoms with Crippen LogP contribution in [0.15, 0.2) is 12.4 Å². The molecule has 0 atom stereocenters. The summed E-state index contributed by atoms with van der Waals surface area (Å²) in [4.78, 5) is 25.8. The van der Waals surface area contributed by atoms with Crippen LogP contribution in [-0.4, -0.2) is 52.0 Å². The highest BCUT2D eigenvalue weighted by Crippen LogP contribution is 2.54. The standard InChI is InChI=1S/C19H29N3O4/c1-5-25-16(23)14-12-20-22(13-14)15-10-19(11-15)6-8-21(9-7-19)17(24)26-18(2,3)4/h12-13,15H,5-11H2,1-4H3. The molecule has 144 valence electrons. The molecule has 0 unspecified atom stereocenters. The summed E-state index contributed by atoms with van der Waals surface area (Å²) in [5, 5.41) is 4.33. The molecule has 1 aromatic heterocycles. The normalized spacial score (nSPS) is 19.9. The van der Waals surface area contributed by atoms with Gasteiger partial charge in [-0.15, -0.1) is 0 Å². The Bertz CT molecular complexity index is 661. The van der Waals surface area contributed by atoms with Crippen molar-refractivity contribution in [3.05, 3.63) is 18.0 Å².